The Balaban J connectivity index is 2.35. The topological polar surface area (TPSA) is 83.3 Å². The molecule has 0 saturated heterocycles. The van der Waals surface area contributed by atoms with Gasteiger partial charge in [-0.2, -0.15) is 0 Å². The molecule has 0 aliphatic heterocycles. The standard InChI is InChI=1S/C13H8N2O3/c16-8-2-4-10-12(6-8)15-11-5-7(13(17)18)1-3-9(11)14-10/h1-6,16H,(H,17,18). The summed E-state index contributed by atoms with van der Waals surface area (Å²) in [4.78, 5) is 19.5. The van der Waals surface area contributed by atoms with E-state index in [-0.39, 0.29) is 11.3 Å². The molecule has 0 spiro atoms. The molecule has 0 fully saturated rings. The molecule has 5 nitrogen and oxygen atoms in total. The molecule has 0 bridgehead atoms. The Bertz CT molecular complexity index is 784. The fraction of sp³-hybridized carbons (Fsp3) is 0. The maximum absolute atomic E-state index is 10.9. The first-order chi connectivity index (χ1) is 8.63. The van der Waals surface area contributed by atoms with Crippen LogP contribution >= 0.6 is 0 Å². The molecule has 2 N–H and O–H groups in total. The van der Waals surface area contributed by atoms with Gasteiger partial charge < -0.3 is 10.2 Å². The number of carbonyl (C=O) groups is 1. The van der Waals surface area contributed by atoms with Gasteiger partial charge in [-0.25, -0.2) is 14.8 Å². The third-order valence-electron chi connectivity index (χ3n) is 2.66. The molecule has 0 aliphatic carbocycles. The number of aromatic carboxylic acids is 1. The summed E-state index contributed by atoms with van der Waals surface area (Å²) in [6.07, 6.45) is 0. The zero-order valence-electron chi connectivity index (χ0n) is 9.16. The van der Waals surface area contributed by atoms with E-state index in [0.29, 0.717) is 22.1 Å². The van der Waals surface area contributed by atoms with Crippen molar-refractivity contribution in [2.24, 2.45) is 0 Å². The molecule has 0 atom stereocenters. The van der Waals surface area contributed by atoms with Gasteiger partial charge in [0.05, 0.1) is 27.6 Å². The minimum Gasteiger partial charge on any atom is -0.508 e. The Morgan fingerprint density at radius 3 is 2.22 bits per heavy atom. The van der Waals surface area contributed by atoms with Crippen LogP contribution in [0.25, 0.3) is 22.1 Å². The van der Waals surface area contributed by atoms with E-state index in [1.165, 1.54) is 24.3 Å². The molecule has 2 aromatic carbocycles. The highest BCUT2D eigenvalue weighted by Gasteiger charge is 2.07. The molecule has 18 heavy (non-hydrogen) atoms. The summed E-state index contributed by atoms with van der Waals surface area (Å²) in [5.74, 6) is -0.903. The zero-order chi connectivity index (χ0) is 12.7. The van der Waals surface area contributed by atoms with E-state index < -0.39 is 5.97 Å². The van der Waals surface area contributed by atoms with Crippen LogP contribution in [0.5, 0.6) is 5.75 Å². The smallest absolute Gasteiger partial charge is 0.335 e. The number of hydrogen-bond acceptors (Lipinski definition) is 4. The molecule has 0 aliphatic rings. The maximum Gasteiger partial charge on any atom is 0.335 e. The lowest BCUT2D eigenvalue weighted by Crippen LogP contribution is -1.97. The first kappa shape index (κ1) is 10.5. The van der Waals surface area contributed by atoms with Gasteiger partial charge in [0.15, 0.2) is 0 Å². The van der Waals surface area contributed by atoms with Crippen LogP contribution in [0.15, 0.2) is 36.4 Å². The van der Waals surface area contributed by atoms with Gasteiger partial charge in [0, 0.05) is 6.07 Å². The van der Waals surface area contributed by atoms with Crippen LogP contribution in [0.4, 0.5) is 0 Å². The van der Waals surface area contributed by atoms with E-state index in [2.05, 4.69) is 9.97 Å². The average molecular weight is 240 g/mol. The summed E-state index contributed by atoms with van der Waals surface area (Å²) in [6, 6.07) is 9.28. The van der Waals surface area contributed by atoms with E-state index in [1.54, 1.807) is 12.1 Å². The highest BCUT2D eigenvalue weighted by molar-refractivity contribution is 5.94. The monoisotopic (exact) mass is 240 g/mol. The number of phenolic OH excluding ortho intramolecular Hbond substituents is 1. The fourth-order valence-electron chi connectivity index (χ4n) is 1.80. The van der Waals surface area contributed by atoms with Crippen molar-refractivity contribution in [3.8, 4) is 5.75 Å². The van der Waals surface area contributed by atoms with Crippen LogP contribution in [0, 0.1) is 0 Å². The summed E-state index contributed by atoms with van der Waals surface area (Å²) in [7, 11) is 0. The second kappa shape index (κ2) is 3.66. The molecule has 0 unspecified atom stereocenters. The van der Waals surface area contributed by atoms with Crippen molar-refractivity contribution in [1.82, 2.24) is 9.97 Å². The predicted molar refractivity (Wildman–Crippen MR) is 65.7 cm³/mol. The van der Waals surface area contributed by atoms with Gasteiger partial charge in [-0.3, -0.25) is 0 Å². The van der Waals surface area contributed by atoms with Crippen molar-refractivity contribution >= 4 is 28.0 Å². The van der Waals surface area contributed by atoms with Gasteiger partial charge in [-0.1, -0.05) is 0 Å². The van der Waals surface area contributed by atoms with E-state index in [1.807, 2.05) is 0 Å². The van der Waals surface area contributed by atoms with Crippen molar-refractivity contribution in [1.29, 1.82) is 0 Å². The van der Waals surface area contributed by atoms with Crippen molar-refractivity contribution < 1.29 is 15.0 Å². The number of aromatic hydroxyl groups is 1. The highest BCUT2D eigenvalue weighted by atomic mass is 16.4. The van der Waals surface area contributed by atoms with Crippen molar-refractivity contribution in [3.05, 3.63) is 42.0 Å². The number of aromatic nitrogens is 2. The summed E-state index contributed by atoms with van der Waals surface area (Å²) in [5, 5.41) is 18.3. The number of rotatable bonds is 1. The van der Waals surface area contributed by atoms with Gasteiger partial charge in [-0.05, 0) is 30.3 Å². The molecule has 3 aromatic rings. The lowest BCUT2D eigenvalue weighted by atomic mass is 10.2. The predicted octanol–water partition coefficient (Wildman–Crippen LogP) is 2.19. The van der Waals surface area contributed by atoms with Crippen molar-refractivity contribution in [2.45, 2.75) is 0 Å². The largest absolute Gasteiger partial charge is 0.508 e. The maximum atomic E-state index is 10.9. The number of carboxylic acid groups (broad SMARTS) is 1. The second-order valence-corrected chi connectivity index (χ2v) is 3.91. The minimum atomic E-state index is -1.00. The number of hydrogen-bond donors (Lipinski definition) is 2. The summed E-state index contributed by atoms with van der Waals surface area (Å²) >= 11 is 0. The number of benzene rings is 2. The van der Waals surface area contributed by atoms with Gasteiger partial charge >= 0.3 is 5.97 Å². The Labute approximate surface area is 101 Å². The molecular formula is C13H8N2O3. The molecular weight excluding hydrogens is 232 g/mol. The Morgan fingerprint density at radius 2 is 1.50 bits per heavy atom. The lowest BCUT2D eigenvalue weighted by molar-refractivity contribution is 0.0697. The lowest BCUT2D eigenvalue weighted by Gasteiger charge is -2.02. The van der Waals surface area contributed by atoms with E-state index >= 15 is 0 Å². The first-order valence-electron chi connectivity index (χ1n) is 5.27. The minimum absolute atomic E-state index is 0.102. The third kappa shape index (κ3) is 1.62. The summed E-state index contributed by atoms with van der Waals surface area (Å²) in [6.45, 7) is 0. The molecule has 1 aromatic heterocycles. The average Bonchev–Trinajstić information content (AvgIpc) is 2.35. The highest BCUT2D eigenvalue weighted by Crippen LogP contribution is 2.20. The van der Waals surface area contributed by atoms with Crippen LogP contribution in [-0.4, -0.2) is 26.2 Å². The molecule has 0 radical (unpaired) electrons. The third-order valence-corrected chi connectivity index (χ3v) is 2.66. The van der Waals surface area contributed by atoms with E-state index in [4.69, 9.17) is 5.11 Å². The first-order valence-corrected chi connectivity index (χ1v) is 5.27. The van der Waals surface area contributed by atoms with Crippen LogP contribution in [-0.2, 0) is 0 Å². The number of carboxylic acids is 1. The van der Waals surface area contributed by atoms with Gasteiger partial charge in [0.1, 0.15) is 5.75 Å². The van der Waals surface area contributed by atoms with Crippen LogP contribution in [0.1, 0.15) is 10.4 Å². The second-order valence-electron chi connectivity index (χ2n) is 3.91. The Morgan fingerprint density at radius 1 is 0.889 bits per heavy atom. The molecule has 1 heterocycles. The number of phenols is 1. The Kier molecular flexibility index (Phi) is 2.13. The molecule has 88 valence electrons. The summed E-state index contributed by atoms with van der Waals surface area (Å²) in [5.41, 5.74) is 2.47. The molecule has 0 saturated carbocycles. The van der Waals surface area contributed by atoms with Crippen molar-refractivity contribution in [3.63, 3.8) is 0 Å². The quantitative estimate of drug-likeness (QED) is 0.637. The van der Waals surface area contributed by atoms with E-state index in [0.717, 1.165) is 0 Å². The van der Waals surface area contributed by atoms with Crippen LogP contribution in [0.3, 0.4) is 0 Å². The number of fused-ring (bicyclic) bond motifs is 2. The number of nitrogens with zero attached hydrogens (tertiary/aromatic N) is 2. The molecule has 3 rings (SSSR count). The Hall–Kier alpha value is -2.69. The normalized spacial score (nSPS) is 10.9. The van der Waals surface area contributed by atoms with Gasteiger partial charge in [0.25, 0.3) is 0 Å². The van der Waals surface area contributed by atoms with Crippen molar-refractivity contribution in [2.75, 3.05) is 0 Å². The van der Waals surface area contributed by atoms with Gasteiger partial charge in [0.2, 0.25) is 0 Å². The van der Waals surface area contributed by atoms with Gasteiger partial charge in [-0.15, -0.1) is 0 Å². The molecule has 0 amide bonds. The summed E-state index contributed by atoms with van der Waals surface area (Å²) < 4.78 is 0. The fourth-order valence-corrected chi connectivity index (χ4v) is 1.80. The van der Waals surface area contributed by atoms with E-state index in [9.17, 15) is 9.90 Å². The molecule has 5 heteroatoms. The van der Waals surface area contributed by atoms with Crippen LogP contribution in [0.2, 0.25) is 0 Å². The van der Waals surface area contributed by atoms with Crippen LogP contribution < -0.4 is 0 Å². The zero-order valence-corrected chi connectivity index (χ0v) is 9.16. The SMILES string of the molecule is O=C(O)c1ccc2nc3ccc(O)cc3nc2c1.